The number of aryl methyl sites for hydroxylation is 1. The third kappa shape index (κ3) is 7.13. The van der Waals surface area contributed by atoms with Crippen LogP contribution in [0.1, 0.15) is 12.5 Å². The number of benzene rings is 2. The maximum Gasteiger partial charge on any atom is 0.238 e. The highest BCUT2D eigenvalue weighted by molar-refractivity contribution is 9.10. The van der Waals surface area contributed by atoms with Gasteiger partial charge in [0.05, 0.1) is 13.1 Å². The number of hydrogen-bond acceptors (Lipinski definition) is 4. The number of amides is 3. The van der Waals surface area contributed by atoms with Gasteiger partial charge >= 0.3 is 0 Å². The Bertz CT molecular complexity index is 886. The van der Waals surface area contributed by atoms with Gasteiger partial charge in [0, 0.05) is 28.5 Å². The second-order valence-electron chi connectivity index (χ2n) is 6.49. The number of likely N-dealkylation sites (N-methyl/N-ethyl adjacent to an activating group) is 1. The Morgan fingerprint density at radius 1 is 0.929 bits per heavy atom. The van der Waals surface area contributed by atoms with Crippen LogP contribution in [0.25, 0.3) is 0 Å². The highest BCUT2D eigenvalue weighted by Gasteiger charge is 2.12. The summed E-state index contributed by atoms with van der Waals surface area (Å²) in [4.78, 5) is 37.2. The smallest absolute Gasteiger partial charge is 0.238 e. The molecule has 2 aromatic rings. The minimum absolute atomic E-state index is 0.0527. The molecule has 0 spiro atoms. The van der Waals surface area contributed by atoms with E-state index in [1.807, 2.05) is 25.1 Å². The summed E-state index contributed by atoms with van der Waals surface area (Å²) in [5.74, 6) is -0.640. The SMILES string of the molecule is CC(=O)Nc1cccc(NC(=O)CN(C)CC(=O)Nc2ccc(Br)cc2C)c1. The molecule has 0 saturated carbocycles. The maximum absolute atomic E-state index is 12.2. The van der Waals surface area contributed by atoms with E-state index in [0.717, 1.165) is 15.7 Å². The first-order chi connectivity index (χ1) is 13.2. The Morgan fingerprint density at radius 3 is 2.14 bits per heavy atom. The highest BCUT2D eigenvalue weighted by Crippen LogP contribution is 2.20. The van der Waals surface area contributed by atoms with E-state index < -0.39 is 0 Å². The monoisotopic (exact) mass is 446 g/mol. The molecule has 148 valence electrons. The van der Waals surface area contributed by atoms with E-state index in [9.17, 15) is 14.4 Å². The largest absolute Gasteiger partial charge is 0.326 e. The lowest BCUT2D eigenvalue weighted by atomic mass is 10.2. The Balaban J connectivity index is 1.85. The molecule has 3 amide bonds. The fourth-order valence-corrected chi connectivity index (χ4v) is 3.06. The standard InChI is InChI=1S/C20H23BrN4O3/c1-13-9-15(21)7-8-18(13)24-20(28)12-25(3)11-19(27)23-17-6-4-5-16(10-17)22-14(2)26/h4-10H,11-12H2,1-3H3,(H,22,26)(H,23,27)(H,24,28). The summed E-state index contributed by atoms with van der Waals surface area (Å²) >= 11 is 3.39. The van der Waals surface area contributed by atoms with E-state index in [0.29, 0.717) is 11.4 Å². The highest BCUT2D eigenvalue weighted by atomic mass is 79.9. The van der Waals surface area contributed by atoms with Crippen molar-refractivity contribution in [3.05, 3.63) is 52.5 Å². The first-order valence-corrected chi connectivity index (χ1v) is 9.44. The number of halogens is 1. The Labute approximate surface area is 172 Å². The zero-order chi connectivity index (χ0) is 20.7. The van der Waals surface area contributed by atoms with Gasteiger partial charge in [0.2, 0.25) is 17.7 Å². The lowest BCUT2D eigenvalue weighted by Gasteiger charge is -2.17. The molecular weight excluding hydrogens is 424 g/mol. The molecular formula is C20H23BrN4O3. The number of nitrogens with zero attached hydrogens (tertiary/aromatic N) is 1. The molecule has 8 heteroatoms. The molecule has 0 bridgehead atoms. The molecule has 28 heavy (non-hydrogen) atoms. The van der Waals surface area contributed by atoms with Crippen LogP contribution in [0.3, 0.4) is 0 Å². The number of rotatable bonds is 7. The molecule has 0 radical (unpaired) electrons. The van der Waals surface area contributed by atoms with Crippen LogP contribution in [0.15, 0.2) is 46.9 Å². The average molecular weight is 447 g/mol. The summed E-state index contributed by atoms with van der Waals surface area (Å²) in [5, 5.41) is 8.26. The number of carbonyl (C=O) groups is 3. The zero-order valence-electron chi connectivity index (χ0n) is 16.0. The van der Waals surface area contributed by atoms with Gasteiger partial charge in [-0.05, 0) is 55.9 Å². The second-order valence-corrected chi connectivity index (χ2v) is 7.41. The van der Waals surface area contributed by atoms with Crippen LogP contribution in [0, 0.1) is 6.92 Å². The van der Waals surface area contributed by atoms with Crippen molar-refractivity contribution in [3.63, 3.8) is 0 Å². The molecule has 0 heterocycles. The van der Waals surface area contributed by atoms with Crippen LogP contribution in [-0.4, -0.2) is 42.8 Å². The quantitative estimate of drug-likeness (QED) is 0.608. The van der Waals surface area contributed by atoms with Gasteiger partial charge in [0.25, 0.3) is 0 Å². The van der Waals surface area contributed by atoms with E-state index in [2.05, 4.69) is 31.9 Å². The molecule has 0 aromatic heterocycles. The molecule has 0 aliphatic heterocycles. The molecule has 2 aromatic carbocycles. The van der Waals surface area contributed by atoms with Crippen LogP contribution in [-0.2, 0) is 14.4 Å². The molecule has 0 fully saturated rings. The van der Waals surface area contributed by atoms with Crippen LogP contribution in [0.4, 0.5) is 17.1 Å². The normalized spacial score (nSPS) is 10.5. The van der Waals surface area contributed by atoms with Crippen molar-refractivity contribution in [1.29, 1.82) is 0 Å². The van der Waals surface area contributed by atoms with Crippen molar-refractivity contribution in [2.45, 2.75) is 13.8 Å². The molecule has 0 unspecified atom stereocenters. The van der Waals surface area contributed by atoms with E-state index >= 15 is 0 Å². The lowest BCUT2D eigenvalue weighted by Crippen LogP contribution is -2.36. The van der Waals surface area contributed by atoms with Gasteiger partial charge in [0.1, 0.15) is 0 Å². The Morgan fingerprint density at radius 2 is 1.54 bits per heavy atom. The van der Waals surface area contributed by atoms with Gasteiger partial charge < -0.3 is 16.0 Å². The fourth-order valence-electron chi connectivity index (χ4n) is 2.58. The van der Waals surface area contributed by atoms with Gasteiger partial charge in [-0.1, -0.05) is 22.0 Å². The first kappa shape index (κ1) is 21.6. The van der Waals surface area contributed by atoms with Gasteiger partial charge in [-0.15, -0.1) is 0 Å². The third-order valence-corrected chi connectivity index (χ3v) is 4.25. The molecule has 0 aliphatic carbocycles. The predicted octanol–water partition coefficient (Wildman–Crippen LogP) is 3.22. The van der Waals surface area contributed by atoms with Crippen molar-refractivity contribution in [3.8, 4) is 0 Å². The van der Waals surface area contributed by atoms with E-state index in [4.69, 9.17) is 0 Å². The van der Waals surface area contributed by atoms with Crippen LogP contribution in [0.5, 0.6) is 0 Å². The molecule has 7 nitrogen and oxygen atoms in total. The second kappa shape index (κ2) is 10.0. The van der Waals surface area contributed by atoms with Crippen molar-refractivity contribution in [2.75, 3.05) is 36.1 Å². The third-order valence-electron chi connectivity index (χ3n) is 3.76. The molecule has 0 atom stereocenters. The average Bonchev–Trinajstić information content (AvgIpc) is 2.56. The van der Waals surface area contributed by atoms with Gasteiger partial charge in [-0.3, -0.25) is 19.3 Å². The van der Waals surface area contributed by atoms with E-state index in [1.54, 1.807) is 36.2 Å². The molecule has 3 N–H and O–H groups in total. The summed E-state index contributed by atoms with van der Waals surface area (Å²) in [5.41, 5.74) is 2.85. The zero-order valence-corrected chi connectivity index (χ0v) is 17.6. The van der Waals surface area contributed by atoms with Crippen molar-refractivity contribution in [1.82, 2.24) is 4.90 Å². The maximum atomic E-state index is 12.2. The summed E-state index contributed by atoms with van der Waals surface area (Å²) in [7, 11) is 1.70. The topological polar surface area (TPSA) is 90.5 Å². The molecule has 0 saturated heterocycles. The number of anilines is 3. The van der Waals surface area contributed by atoms with Crippen LogP contribution < -0.4 is 16.0 Å². The summed E-state index contributed by atoms with van der Waals surface area (Å²) in [6, 6.07) is 12.5. The van der Waals surface area contributed by atoms with E-state index in [1.165, 1.54) is 6.92 Å². The summed E-state index contributed by atoms with van der Waals surface area (Å²) in [6.07, 6.45) is 0. The van der Waals surface area contributed by atoms with Crippen LogP contribution >= 0.6 is 15.9 Å². The Kier molecular flexibility index (Phi) is 7.71. The van der Waals surface area contributed by atoms with Gasteiger partial charge in [0.15, 0.2) is 0 Å². The molecule has 0 aliphatic rings. The minimum Gasteiger partial charge on any atom is -0.326 e. The predicted molar refractivity (Wildman–Crippen MR) is 114 cm³/mol. The lowest BCUT2D eigenvalue weighted by molar-refractivity contribution is -0.119. The first-order valence-electron chi connectivity index (χ1n) is 8.65. The van der Waals surface area contributed by atoms with Crippen molar-refractivity contribution in [2.24, 2.45) is 0 Å². The van der Waals surface area contributed by atoms with Crippen LogP contribution in [0.2, 0.25) is 0 Å². The van der Waals surface area contributed by atoms with Crippen molar-refractivity contribution >= 4 is 50.7 Å². The van der Waals surface area contributed by atoms with Gasteiger partial charge in [-0.25, -0.2) is 0 Å². The number of nitrogens with one attached hydrogen (secondary N) is 3. The fraction of sp³-hybridized carbons (Fsp3) is 0.250. The summed E-state index contributed by atoms with van der Waals surface area (Å²) in [6.45, 7) is 3.46. The molecule has 2 rings (SSSR count). The van der Waals surface area contributed by atoms with Gasteiger partial charge in [-0.2, -0.15) is 0 Å². The minimum atomic E-state index is -0.255. The summed E-state index contributed by atoms with van der Waals surface area (Å²) < 4.78 is 0.944. The number of carbonyl (C=O) groups excluding carboxylic acids is 3. The Hall–Kier alpha value is -2.71. The van der Waals surface area contributed by atoms with Crippen molar-refractivity contribution < 1.29 is 14.4 Å². The van der Waals surface area contributed by atoms with E-state index in [-0.39, 0.29) is 30.8 Å². The number of hydrogen-bond donors (Lipinski definition) is 3.